The number of hydrogen-bond donors (Lipinski definition) is 1. The van der Waals surface area contributed by atoms with Gasteiger partial charge in [0.15, 0.2) is 0 Å². The number of methoxy groups -OCH3 is 1. The van der Waals surface area contributed by atoms with Gasteiger partial charge in [0.05, 0.1) is 36.4 Å². The highest BCUT2D eigenvalue weighted by Crippen LogP contribution is 2.39. The van der Waals surface area contributed by atoms with Gasteiger partial charge in [0.1, 0.15) is 5.75 Å². The van der Waals surface area contributed by atoms with Crippen molar-refractivity contribution < 1.29 is 14.3 Å². The second kappa shape index (κ2) is 9.56. The van der Waals surface area contributed by atoms with Gasteiger partial charge in [-0.25, -0.2) is 0 Å². The topological polar surface area (TPSA) is 60.5 Å². The minimum atomic E-state index is -0.344. The summed E-state index contributed by atoms with van der Waals surface area (Å²) in [4.78, 5) is 16.2. The maximum Gasteiger partial charge on any atom is 0.306 e. The lowest BCUT2D eigenvalue weighted by Gasteiger charge is -2.37. The molecule has 0 aliphatic heterocycles. The van der Waals surface area contributed by atoms with Crippen LogP contribution in [0.15, 0.2) is 30.3 Å². The number of rotatable bonds is 7. The number of nitrogens with one attached hydrogen (secondary N) is 1. The van der Waals surface area contributed by atoms with Gasteiger partial charge in [0, 0.05) is 11.9 Å². The van der Waals surface area contributed by atoms with E-state index in [1.807, 2.05) is 18.2 Å². The third-order valence-electron chi connectivity index (χ3n) is 6.63. The second-order valence-electron chi connectivity index (χ2n) is 10.4. The number of carbonyl (C=O) groups is 1. The molecule has 1 aliphatic carbocycles. The molecule has 2 aromatic rings. The summed E-state index contributed by atoms with van der Waals surface area (Å²) >= 11 is 0. The summed E-state index contributed by atoms with van der Waals surface area (Å²) in [6.07, 6.45) is 5.38. The van der Waals surface area contributed by atoms with E-state index in [0.717, 1.165) is 41.1 Å². The molecule has 1 fully saturated rings. The van der Waals surface area contributed by atoms with Crippen LogP contribution in [-0.2, 0) is 15.1 Å². The molecule has 5 heteroatoms. The summed E-state index contributed by atoms with van der Waals surface area (Å²) in [6.45, 7) is 11.7. The van der Waals surface area contributed by atoms with E-state index < -0.39 is 0 Å². The largest absolute Gasteiger partial charge is 0.490 e. The van der Waals surface area contributed by atoms with E-state index in [2.05, 4.69) is 52.1 Å². The summed E-state index contributed by atoms with van der Waals surface area (Å²) in [7, 11) is 1.41. The minimum absolute atomic E-state index is 0.214. The van der Waals surface area contributed by atoms with Crippen molar-refractivity contribution in [2.24, 2.45) is 11.3 Å². The van der Waals surface area contributed by atoms with Crippen LogP contribution >= 0.6 is 0 Å². The smallest absolute Gasteiger partial charge is 0.306 e. The van der Waals surface area contributed by atoms with Gasteiger partial charge in [-0.2, -0.15) is 0 Å². The molecule has 0 unspecified atom stereocenters. The Morgan fingerprint density at radius 3 is 2.42 bits per heavy atom. The Morgan fingerprint density at radius 1 is 1.06 bits per heavy atom. The maximum absolute atomic E-state index is 11.4. The fraction of sp³-hybridized carbons (Fsp3) is 0.615. The van der Waals surface area contributed by atoms with E-state index in [-0.39, 0.29) is 11.5 Å². The zero-order chi connectivity index (χ0) is 22.6. The van der Waals surface area contributed by atoms with E-state index in [1.54, 1.807) is 0 Å². The number of aromatic nitrogens is 1. The average molecular weight is 427 g/mol. The maximum atomic E-state index is 11.4. The zero-order valence-electron chi connectivity index (χ0n) is 20.0. The summed E-state index contributed by atoms with van der Waals surface area (Å²) in [5.41, 5.74) is 1.94. The van der Waals surface area contributed by atoms with Crippen LogP contribution in [0.5, 0.6) is 5.75 Å². The quantitative estimate of drug-likeness (QED) is 0.584. The lowest BCUT2D eigenvalue weighted by Crippen LogP contribution is -2.38. The summed E-state index contributed by atoms with van der Waals surface area (Å²) in [5.74, 6) is 1.50. The fourth-order valence-corrected chi connectivity index (χ4v) is 4.43. The van der Waals surface area contributed by atoms with Gasteiger partial charge in [-0.1, -0.05) is 26.8 Å². The summed E-state index contributed by atoms with van der Waals surface area (Å²) in [6, 6.07) is 10.3. The molecular weight excluding hydrogens is 388 g/mol. The minimum Gasteiger partial charge on any atom is -0.490 e. The van der Waals surface area contributed by atoms with Crippen molar-refractivity contribution in [1.82, 2.24) is 10.3 Å². The van der Waals surface area contributed by atoms with Gasteiger partial charge >= 0.3 is 5.97 Å². The van der Waals surface area contributed by atoms with Crippen molar-refractivity contribution in [3.8, 4) is 5.75 Å². The first kappa shape index (κ1) is 23.5. The Kier molecular flexibility index (Phi) is 7.25. The van der Waals surface area contributed by atoms with Gasteiger partial charge in [-0.3, -0.25) is 9.78 Å². The number of pyridine rings is 1. The van der Waals surface area contributed by atoms with Crippen molar-refractivity contribution in [1.29, 1.82) is 0 Å². The van der Waals surface area contributed by atoms with E-state index in [0.29, 0.717) is 24.5 Å². The molecule has 0 spiro atoms. The monoisotopic (exact) mass is 426 g/mol. The van der Waals surface area contributed by atoms with Crippen molar-refractivity contribution in [3.05, 3.63) is 36.0 Å². The Labute approximate surface area is 186 Å². The molecule has 1 aromatic heterocycles. The van der Waals surface area contributed by atoms with Crippen molar-refractivity contribution in [2.45, 2.75) is 78.4 Å². The molecule has 31 heavy (non-hydrogen) atoms. The molecule has 0 saturated heterocycles. The van der Waals surface area contributed by atoms with Crippen LogP contribution < -0.4 is 10.1 Å². The molecule has 0 radical (unpaired) electrons. The Morgan fingerprint density at radius 2 is 1.77 bits per heavy atom. The van der Waals surface area contributed by atoms with Gasteiger partial charge in [0.25, 0.3) is 0 Å². The Balaban J connectivity index is 1.63. The number of esters is 1. The molecule has 1 aliphatic rings. The van der Waals surface area contributed by atoms with Crippen LogP contribution in [-0.4, -0.2) is 30.7 Å². The van der Waals surface area contributed by atoms with Gasteiger partial charge in [-0.15, -0.1) is 0 Å². The highest BCUT2D eigenvalue weighted by molar-refractivity contribution is 5.80. The normalized spacial score (nSPS) is 19.9. The molecule has 1 saturated carbocycles. The first-order valence-electron chi connectivity index (χ1n) is 11.5. The number of nitrogens with zero attached hydrogens (tertiary/aromatic N) is 1. The SMILES string of the molecule is COC(=O)CCNC(C)(C)c1ccc2cc(OC3CCC(C(C)(C)C)CC3)ccc2n1. The van der Waals surface area contributed by atoms with Crippen molar-refractivity contribution in [2.75, 3.05) is 13.7 Å². The molecule has 5 nitrogen and oxygen atoms in total. The van der Waals surface area contributed by atoms with Crippen LogP contribution in [0.2, 0.25) is 0 Å². The number of hydrogen-bond acceptors (Lipinski definition) is 5. The molecule has 170 valence electrons. The molecule has 1 aromatic carbocycles. The van der Waals surface area contributed by atoms with Gasteiger partial charge < -0.3 is 14.8 Å². The lowest BCUT2D eigenvalue weighted by atomic mass is 9.72. The highest BCUT2D eigenvalue weighted by atomic mass is 16.5. The molecule has 3 rings (SSSR count). The molecule has 0 bridgehead atoms. The lowest BCUT2D eigenvalue weighted by molar-refractivity contribution is -0.140. The predicted octanol–water partition coefficient (Wildman–Crippen LogP) is 5.61. The third-order valence-corrected chi connectivity index (χ3v) is 6.63. The second-order valence-corrected chi connectivity index (χ2v) is 10.4. The fourth-order valence-electron chi connectivity index (χ4n) is 4.43. The van der Waals surface area contributed by atoms with E-state index in [4.69, 9.17) is 14.5 Å². The van der Waals surface area contributed by atoms with E-state index >= 15 is 0 Å². The van der Waals surface area contributed by atoms with Gasteiger partial charge in [-0.05, 0) is 75.1 Å². The molecule has 1 heterocycles. The molecule has 0 atom stereocenters. The van der Waals surface area contributed by atoms with Crippen LogP contribution in [0.3, 0.4) is 0 Å². The predicted molar refractivity (Wildman–Crippen MR) is 125 cm³/mol. The third kappa shape index (κ3) is 6.19. The van der Waals surface area contributed by atoms with Crippen LogP contribution in [0.1, 0.15) is 72.4 Å². The zero-order valence-corrected chi connectivity index (χ0v) is 20.0. The molecule has 0 amide bonds. The first-order chi connectivity index (χ1) is 14.6. The Bertz CT molecular complexity index is 893. The summed E-state index contributed by atoms with van der Waals surface area (Å²) < 4.78 is 11.0. The number of benzene rings is 1. The Hall–Kier alpha value is -2.14. The van der Waals surface area contributed by atoms with Gasteiger partial charge in [0.2, 0.25) is 0 Å². The van der Waals surface area contributed by atoms with E-state index in [9.17, 15) is 4.79 Å². The standard InChI is InChI=1S/C26H38N2O3/c1-25(2,3)19-8-10-20(11-9-19)31-21-12-13-22-18(17-21)7-14-23(28-22)26(4,5)27-16-15-24(29)30-6/h7,12-14,17,19-20,27H,8-11,15-16H2,1-6H3. The number of fused-ring (bicyclic) bond motifs is 1. The van der Waals surface area contributed by atoms with Crippen LogP contribution in [0.25, 0.3) is 10.9 Å². The van der Waals surface area contributed by atoms with Crippen LogP contribution in [0.4, 0.5) is 0 Å². The molecular formula is C26H38N2O3. The van der Waals surface area contributed by atoms with E-state index in [1.165, 1.54) is 20.0 Å². The molecule has 1 N–H and O–H groups in total. The highest BCUT2D eigenvalue weighted by Gasteiger charge is 2.30. The van der Waals surface area contributed by atoms with Crippen LogP contribution in [0, 0.1) is 11.3 Å². The first-order valence-corrected chi connectivity index (χ1v) is 11.5. The van der Waals surface area contributed by atoms with Crippen molar-refractivity contribution >= 4 is 16.9 Å². The van der Waals surface area contributed by atoms with Crippen molar-refractivity contribution in [3.63, 3.8) is 0 Å². The number of carbonyl (C=O) groups excluding carboxylic acids is 1. The summed E-state index contributed by atoms with van der Waals surface area (Å²) in [5, 5.41) is 4.48. The average Bonchev–Trinajstić information content (AvgIpc) is 2.72. The number of ether oxygens (including phenoxy) is 2.